The second-order valence-electron chi connectivity index (χ2n) is 9.00. The number of morpholine rings is 1. The number of hydrogen-bond donors (Lipinski definition) is 2. The van der Waals surface area contributed by atoms with E-state index >= 15 is 4.39 Å². The summed E-state index contributed by atoms with van der Waals surface area (Å²) in [6, 6.07) is 4.67. The zero-order valence-electron chi connectivity index (χ0n) is 18.8. The monoisotopic (exact) mass is 472 g/mol. The Kier molecular flexibility index (Phi) is 6.37. The van der Waals surface area contributed by atoms with E-state index in [1.165, 1.54) is 24.4 Å². The van der Waals surface area contributed by atoms with Gasteiger partial charge in [0.2, 0.25) is 5.91 Å². The van der Waals surface area contributed by atoms with E-state index in [1.54, 1.807) is 20.8 Å². The number of aromatic nitrogens is 2. The third-order valence-corrected chi connectivity index (χ3v) is 5.39. The highest BCUT2D eigenvalue weighted by Crippen LogP contribution is 2.29. The minimum Gasteiger partial charge on any atom is -0.369 e. The van der Waals surface area contributed by atoms with Crippen molar-refractivity contribution in [3.8, 4) is 0 Å². The van der Waals surface area contributed by atoms with Crippen LogP contribution in [0.1, 0.15) is 48.5 Å². The summed E-state index contributed by atoms with van der Waals surface area (Å²) < 4.78 is 49.5. The number of nitrogens with one attached hydrogen (secondary N) is 2. The van der Waals surface area contributed by atoms with E-state index in [4.69, 9.17) is 4.74 Å². The molecule has 4 rings (SSSR count). The highest BCUT2D eigenvalue weighted by molar-refractivity contribution is 6.11. The molecule has 3 aromatic rings. The van der Waals surface area contributed by atoms with Gasteiger partial charge in [0, 0.05) is 30.1 Å². The minimum atomic E-state index is -1.64. The van der Waals surface area contributed by atoms with Gasteiger partial charge in [-0.25, -0.2) is 18.2 Å². The van der Waals surface area contributed by atoms with Crippen LogP contribution in [0, 0.1) is 22.9 Å². The molecule has 0 radical (unpaired) electrons. The fourth-order valence-corrected chi connectivity index (χ4v) is 3.43. The lowest BCUT2D eigenvalue weighted by Crippen LogP contribution is -2.33. The van der Waals surface area contributed by atoms with Crippen LogP contribution < -0.4 is 10.6 Å². The van der Waals surface area contributed by atoms with Crippen LogP contribution in [-0.4, -0.2) is 41.4 Å². The fourth-order valence-electron chi connectivity index (χ4n) is 3.43. The van der Waals surface area contributed by atoms with Crippen LogP contribution in [0.4, 0.5) is 18.9 Å². The zero-order chi connectivity index (χ0) is 24.6. The Bertz CT molecular complexity index is 1280. The molecule has 1 aliphatic rings. The Hall–Kier alpha value is -3.37. The molecule has 178 valence electrons. The van der Waals surface area contributed by atoms with Gasteiger partial charge in [-0.05, 0) is 18.2 Å². The number of halogens is 3. The number of ether oxygens (including phenoxy) is 1. The molecule has 1 amide bonds. The lowest BCUT2D eigenvalue weighted by molar-refractivity contribution is -0.123. The van der Waals surface area contributed by atoms with Crippen molar-refractivity contribution in [1.82, 2.24) is 15.3 Å². The Labute approximate surface area is 193 Å². The van der Waals surface area contributed by atoms with Gasteiger partial charge in [-0.1, -0.05) is 20.8 Å². The highest BCUT2D eigenvalue weighted by Gasteiger charge is 2.29. The summed E-state index contributed by atoms with van der Waals surface area (Å²) in [7, 11) is 0. The summed E-state index contributed by atoms with van der Waals surface area (Å²) in [6.45, 7) is 6.60. The summed E-state index contributed by atoms with van der Waals surface area (Å²) in [6.07, 6.45) is 1.25. The van der Waals surface area contributed by atoms with E-state index < -0.39 is 45.8 Å². The molecule has 34 heavy (non-hydrogen) atoms. The van der Waals surface area contributed by atoms with Gasteiger partial charge in [-0.15, -0.1) is 0 Å². The van der Waals surface area contributed by atoms with E-state index in [0.29, 0.717) is 35.9 Å². The lowest BCUT2D eigenvalue weighted by atomic mass is 9.95. The average Bonchev–Trinajstić information content (AvgIpc) is 2.81. The molecule has 0 bridgehead atoms. The smallest absolute Gasteiger partial charge is 0.229 e. The third-order valence-electron chi connectivity index (χ3n) is 5.39. The van der Waals surface area contributed by atoms with E-state index in [9.17, 15) is 18.4 Å². The highest BCUT2D eigenvalue weighted by atomic mass is 19.2. The molecule has 1 fully saturated rings. The maximum Gasteiger partial charge on any atom is 0.229 e. The number of nitrogens with zero attached hydrogens (tertiary/aromatic N) is 2. The zero-order valence-corrected chi connectivity index (χ0v) is 18.8. The molecule has 1 aliphatic heterocycles. The van der Waals surface area contributed by atoms with Crippen molar-refractivity contribution in [3.63, 3.8) is 0 Å². The molecule has 0 aliphatic carbocycles. The van der Waals surface area contributed by atoms with Crippen molar-refractivity contribution in [2.24, 2.45) is 5.41 Å². The summed E-state index contributed by atoms with van der Waals surface area (Å²) in [4.78, 5) is 34.0. The molecule has 2 N–H and O–H groups in total. The Morgan fingerprint density at radius 1 is 1.12 bits per heavy atom. The largest absolute Gasteiger partial charge is 0.369 e. The fraction of sp³-hybridized carbons (Fsp3) is 0.333. The molecule has 0 spiro atoms. The predicted molar refractivity (Wildman–Crippen MR) is 119 cm³/mol. The van der Waals surface area contributed by atoms with E-state index in [0.717, 1.165) is 6.54 Å². The number of rotatable bonds is 4. The molecule has 0 saturated carbocycles. The van der Waals surface area contributed by atoms with Crippen LogP contribution in [0.15, 0.2) is 30.5 Å². The average molecular weight is 472 g/mol. The molecule has 1 atom stereocenters. The van der Waals surface area contributed by atoms with Crippen LogP contribution in [0.3, 0.4) is 0 Å². The van der Waals surface area contributed by atoms with Gasteiger partial charge in [-0.3, -0.25) is 14.6 Å². The molecule has 1 aromatic heterocycles. The van der Waals surface area contributed by atoms with Crippen LogP contribution in [0.2, 0.25) is 0 Å². The maximum atomic E-state index is 15.1. The summed E-state index contributed by atoms with van der Waals surface area (Å²) in [5.41, 5.74) is -1.36. The Morgan fingerprint density at radius 3 is 2.56 bits per heavy atom. The number of anilines is 1. The number of carbonyl (C=O) groups excluding carboxylic acids is 2. The van der Waals surface area contributed by atoms with Gasteiger partial charge in [0.15, 0.2) is 23.2 Å². The molecule has 7 nitrogen and oxygen atoms in total. The number of amides is 1. The Morgan fingerprint density at radius 2 is 1.88 bits per heavy atom. The van der Waals surface area contributed by atoms with Gasteiger partial charge >= 0.3 is 0 Å². The second kappa shape index (κ2) is 9.11. The molecule has 1 unspecified atom stereocenters. The standard InChI is InChI=1S/C24H23F3N4O3/c1-24(2,3)23(33)31-16-9-13(25)20(26)19(21(16)27)22(32)12-4-5-14-15(8-12)29-10-17(30-14)18-11-28-6-7-34-18/h4-5,8-10,18,28H,6-7,11H2,1-3H3,(H,31,33). The van der Waals surface area contributed by atoms with Crippen LogP contribution >= 0.6 is 0 Å². The van der Waals surface area contributed by atoms with Crippen molar-refractivity contribution in [2.45, 2.75) is 26.9 Å². The van der Waals surface area contributed by atoms with E-state index in [2.05, 4.69) is 20.6 Å². The Balaban J connectivity index is 1.69. The van der Waals surface area contributed by atoms with Crippen molar-refractivity contribution in [1.29, 1.82) is 0 Å². The first-order valence-corrected chi connectivity index (χ1v) is 10.7. The van der Waals surface area contributed by atoms with Crippen LogP contribution in [0.25, 0.3) is 11.0 Å². The molecule has 1 saturated heterocycles. The number of fused-ring (bicyclic) bond motifs is 1. The molecule has 2 aromatic carbocycles. The van der Waals surface area contributed by atoms with Crippen molar-refractivity contribution in [2.75, 3.05) is 25.0 Å². The second-order valence-corrected chi connectivity index (χ2v) is 9.00. The third kappa shape index (κ3) is 4.64. The number of benzene rings is 2. The van der Waals surface area contributed by atoms with Crippen LogP contribution in [0.5, 0.6) is 0 Å². The predicted octanol–water partition coefficient (Wildman–Crippen LogP) is 3.92. The first-order valence-electron chi connectivity index (χ1n) is 10.7. The molecular weight excluding hydrogens is 449 g/mol. The number of carbonyl (C=O) groups is 2. The molecular formula is C24H23F3N4O3. The summed E-state index contributed by atoms with van der Waals surface area (Å²) in [5.74, 6) is -6.16. The summed E-state index contributed by atoms with van der Waals surface area (Å²) >= 11 is 0. The number of hydrogen-bond acceptors (Lipinski definition) is 6. The van der Waals surface area contributed by atoms with Crippen molar-refractivity contribution < 1.29 is 27.5 Å². The number of ketones is 1. The first-order chi connectivity index (χ1) is 16.1. The van der Waals surface area contributed by atoms with Gasteiger partial charge in [0.1, 0.15) is 6.10 Å². The SMILES string of the molecule is CC(C)(C)C(=O)Nc1cc(F)c(F)c(C(=O)c2ccc3nc(C4CNCCO4)cnc3c2)c1F. The first kappa shape index (κ1) is 23.8. The van der Waals surface area contributed by atoms with Gasteiger partial charge in [-0.2, -0.15) is 0 Å². The quantitative estimate of drug-likeness (QED) is 0.442. The summed E-state index contributed by atoms with van der Waals surface area (Å²) in [5, 5.41) is 5.42. The maximum absolute atomic E-state index is 15.1. The van der Waals surface area contributed by atoms with Crippen molar-refractivity contribution in [3.05, 3.63) is 64.7 Å². The molecule has 2 heterocycles. The topological polar surface area (TPSA) is 93.2 Å². The normalized spacial score (nSPS) is 16.5. The van der Waals surface area contributed by atoms with E-state index in [1.807, 2.05) is 0 Å². The van der Waals surface area contributed by atoms with Crippen LogP contribution in [-0.2, 0) is 9.53 Å². The molecule has 10 heteroatoms. The van der Waals surface area contributed by atoms with Gasteiger partial charge in [0.25, 0.3) is 0 Å². The van der Waals surface area contributed by atoms with Gasteiger partial charge < -0.3 is 15.4 Å². The lowest BCUT2D eigenvalue weighted by Gasteiger charge is -2.22. The minimum absolute atomic E-state index is 0.110. The van der Waals surface area contributed by atoms with Gasteiger partial charge in [0.05, 0.1) is 40.8 Å². The van der Waals surface area contributed by atoms with Crippen molar-refractivity contribution >= 4 is 28.4 Å². The van der Waals surface area contributed by atoms with E-state index in [-0.39, 0.29) is 11.7 Å².